The summed E-state index contributed by atoms with van der Waals surface area (Å²) >= 11 is 2.94. The molecule has 3 heterocycles. The molecule has 4 aromatic rings. The number of amides is 2. The first-order chi connectivity index (χ1) is 17.5. The van der Waals surface area contributed by atoms with E-state index >= 15 is 0 Å². The maximum Gasteiger partial charge on any atom is 0.325 e. The lowest BCUT2D eigenvalue weighted by Crippen LogP contribution is -2.27. The topological polar surface area (TPSA) is 120 Å². The molecular weight excluding hydrogens is 507 g/mol. The van der Waals surface area contributed by atoms with E-state index in [0.717, 1.165) is 20.9 Å². The number of ether oxygens (including phenoxy) is 3. The number of methoxy groups -OCH3 is 2. The minimum Gasteiger partial charge on any atom is -0.485 e. The van der Waals surface area contributed by atoms with Crippen LogP contribution < -0.4 is 20.7 Å². The third-order valence-electron chi connectivity index (χ3n) is 4.82. The van der Waals surface area contributed by atoms with Gasteiger partial charge in [0.25, 0.3) is 0 Å². The Labute approximate surface area is 214 Å². The number of thiophene rings is 1. The molecule has 36 heavy (non-hydrogen) atoms. The molecule has 0 saturated heterocycles. The molecule has 0 saturated carbocycles. The van der Waals surface area contributed by atoms with Gasteiger partial charge in [-0.25, -0.2) is 24.1 Å². The molecule has 0 bridgehead atoms. The number of anilines is 3. The van der Waals surface area contributed by atoms with E-state index in [1.54, 1.807) is 17.5 Å². The van der Waals surface area contributed by atoms with E-state index in [0.29, 0.717) is 18.1 Å². The molecule has 0 aliphatic carbocycles. The van der Waals surface area contributed by atoms with Crippen molar-refractivity contribution < 1.29 is 23.4 Å². The second kappa shape index (κ2) is 12.5. The third kappa shape index (κ3) is 7.07. The molecule has 10 nitrogen and oxygen atoms in total. The number of carbonyl (C=O) groups is 1. The number of thiazole rings is 1. The number of urea groups is 1. The molecule has 0 spiro atoms. The summed E-state index contributed by atoms with van der Waals surface area (Å²) in [5.74, 6) is 0.493. The lowest BCUT2D eigenvalue weighted by Gasteiger charge is -2.18. The van der Waals surface area contributed by atoms with Gasteiger partial charge in [-0.05, 0) is 17.5 Å². The molecule has 2 amide bonds. The second-order valence-corrected chi connectivity index (χ2v) is 9.60. The van der Waals surface area contributed by atoms with Crippen LogP contribution in [0, 0.1) is 5.82 Å². The average Bonchev–Trinajstić information content (AvgIpc) is 3.49. The third-order valence-corrected chi connectivity index (χ3v) is 6.70. The van der Waals surface area contributed by atoms with Crippen molar-refractivity contribution >= 4 is 55.6 Å². The Bertz CT molecular complexity index is 1290. The van der Waals surface area contributed by atoms with Crippen LogP contribution in [0.5, 0.6) is 5.75 Å². The summed E-state index contributed by atoms with van der Waals surface area (Å²) in [5, 5.41) is 11.0. The van der Waals surface area contributed by atoms with Crippen molar-refractivity contribution in [2.24, 2.45) is 0 Å². The summed E-state index contributed by atoms with van der Waals surface area (Å²) in [6.45, 7) is 1.19. The molecule has 3 N–H and O–H groups in total. The van der Waals surface area contributed by atoms with Crippen LogP contribution in [-0.2, 0) is 15.9 Å². The summed E-state index contributed by atoms with van der Waals surface area (Å²) in [4.78, 5) is 26.2. The average molecular weight is 533 g/mol. The number of hydrogen-bond acceptors (Lipinski definition) is 10. The fraction of sp³-hybridized carbons (Fsp3) is 0.304. The Morgan fingerprint density at radius 2 is 1.94 bits per heavy atom. The standard InChI is InChI=1S/C23H25FN6O4S2/c1-32-11-17(12-33-2)34-16-8-14(24)7-15(9-16)29-22(31)30-23-26-10-18(36-23)3-5-25-21-20-19(4-6-35-20)27-13-28-21/h4,6-10,13,17H,3,5,11-12H2,1-2H3,(H,25,27,28)(H2,26,29,30,31). The van der Waals surface area contributed by atoms with Gasteiger partial charge < -0.3 is 24.8 Å². The van der Waals surface area contributed by atoms with Crippen molar-refractivity contribution in [2.45, 2.75) is 12.5 Å². The van der Waals surface area contributed by atoms with Gasteiger partial charge in [-0.1, -0.05) is 0 Å². The zero-order chi connectivity index (χ0) is 25.3. The summed E-state index contributed by atoms with van der Waals surface area (Å²) in [6, 6.07) is 5.36. The molecule has 13 heteroatoms. The lowest BCUT2D eigenvalue weighted by atomic mass is 10.3. The number of benzene rings is 1. The Kier molecular flexibility index (Phi) is 8.95. The molecule has 0 atom stereocenters. The van der Waals surface area contributed by atoms with Gasteiger partial charge >= 0.3 is 6.03 Å². The SMILES string of the molecule is COCC(COC)Oc1cc(F)cc(NC(=O)Nc2ncc(CCNc3ncnc4ccsc34)s2)c1. The molecule has 0 aliphatic rings. The Balaban J connectivity index is 1.29. The van der Waals surface area contributed by atoms with Crippen molar-refractivity contribution in [1.82, 2.24) is 15.0 Å². The van der Waals surface area contributed by atoms with Gasteiger partial charge in [0, 0.05) is 56.1 Å². The summed E-state index contributed by atoms with van der Waals surface area (Å²) in [6.07, 6.45) is 3.53. The first-order valence-corrected chi connectivity index (χ1v) is 12.6. The monoisotopic (exact) mass is 532 g/mol. The van der Waals surface area contributed by atoms with E-state index in [1.807, 2.05) is 11.4 Å². The zero-order valence-corrected chi connectivity index (χ0v) is 21.2. The highest BCUT2D eigenvalue weighted by atomic mass is 32.1. The smallest absolute Gasteiger partial charge is 0.325 e. The maximum absolute atomic E-state index is 14.1. The number of nitrogens with one attached hydrogen (secondary N) is 3. The number of fused-ring (bicyclic) bond motifs is 1. The van der Waals surface area contributed by atoms with Crippen molar-refractivity contribution in [3.8, 4) is 5.75 Å². The van der Waals surface area contributed by atoms with Crippen LogP contribution in [0.2, 0.25) is 0 Å². The highest BCUT2D eigenvalue weighted by Crippen LogP contribution is 2.26. The van der Waals surface area contributed by atoms with Gasteiger partial charge in [-0.2, -0.15) is 0 Å². The molecule has 0 radical (unpaired) electrons. The predicted octanol–water partition coefficient (Wildman–Crippen LogP) is 4.63. The van der Waals surface area contributed by atoms with Crippen LogP contribution in [0.3, 0.4) is 0 Å². The Hall–Kier alpha value is -3.39. The van der Waals surface area contributed by atoms with Crippen LogP contribution >= 0.6 is 22.7 Å². The number of carbonyl (C=O) groups excluding carboxylic acids is 1. The Morgan fingerprint density at radius 3 is 2.75 bits per heavy atom. The minimum absolute atomic E-state index is 0.238. The maximum atomic E-state index is 14.1. The van der Waals surface area contributed by atoms with Gasteiger partial charge in [0.15, 0.2) is 5.13 Å². The first kappa shape index (κ1) is 25.7. The summed E-state index contributed by atoms with van der Waals surface area (Å²) < 4.78 is 31.0. The van der Waals surface area contributed by atoms with Crippen LogP contribution in [0.15, 0.2) is 42.2 Å². The molecular formula is C23H25FN6O4S2. The van der Waals surface area contributed by atoms with Gasteiger partial charge in [-0.3, -0.25) is 5.32 Å². The fourth-order valence-corrected chi connectivity index (χ4v) is 4.96. The highest BCUT2D eigenvalue weighted by molar-refractivity contribution is 7.17. The van der Waals surface area contributed by atoms with Crippen LogP contribution in [0.1, 0.15) is 4.88 Å². The highest BCUT2D eigenvalue weighted by Gasteiger charge is 2.13. The molecule has 190 valence electrons. The second-order valence-electron chi connectivity index (χ2n) is 7.57. The summed E-state index contributed by atoms with van der Waals surface area (Å²) in [5.41, 5.74) is 1.15. The van der Waals surface area contributed by atoms with Gasteiger partial charge in [0.2, 0.25) is 0 Å². The molecule has 3 aromatic heterocycles. The van der Waals surface area contributed by atoms with Crippen LogP contribution in [0.25, 0.3) is 10.2 Å². The molecule has 4 rings (SSSR count). The van der Waals surface area contributed by atoms with Crippen molar-refractivity contribution in [3.63, 3.8) is 0 Å². The van der Waals surface area contributed by atoms with Gasteiger partial charge in [0.1, 0.15) is 29.8 Å². The number of nitrogens with zero attached hydrogens (tertiary/aromatic N) is 3. The van der Waals surface area contributed by atoms with Crippen molar-refractivity contribution in [3.05, 3.63) is 52.9 Å². The molecule has 0 aliphatic heterocycles. The molecule has 0 fully saturated rings. The van der Waals surface area contributed by atoms with Crippen molar-refractivity contribution in [1.29, 1.82) is 0 Å². The quantitative estimate of drug-likeness (QED) is 0.242. The molecule has 0 unspecified atom stereocenters. The summed E-state index contributed by atoms with van der Waals surface area (Å²) in [7, 11) is 3.08. The fourth-order valence-electron chi connectivity index (χ4n) is 3.34. The van der Waals surface area contributed by atoms with E-state index in [2.05, 4.69) is 30.9 Å². The van der Waals surface area contributed by atoms with E-state index in [1.165, 1.54) is 50.1 Å². The van der Waals surface area contributed by atoms with E-state index in [9.17, 15) is 9.18 Å². The number of hydrogen-bond donors (Lipinski definition) is 3. The van der Waals surface area contributed by atoms with Gasteiger partial charge in [0.05, 0.1) is 23.4 Å². The van der Waals surface area contributed by atoms with Crippen LogP contribution in [-0.4, -0.2) is 61.1 Å². The number of halogens is 1. The van der Waals surface area contributed by atoms with Crippen molar-refractivity contribution in [2.75, 3.05) is 49.9 Å². The van der Waals surface area contributed by atoms with E-state index in [4.69, 9.17) is 14.2 Å². The number of aromatic nitrogens is 3. The lowest BCUT2D eigenvalue weighted by molar-refractivity contribution is 0.0244. The first-order valence-electron chi connectivity index (χ1n) is 10.9. The van der Waals surface area contributed by atoms with E-state index < -0.39 is 18.0 Å². The Morgan fingerprint density at radius 1 is 1.11 bits per heavy atom. The number of rotatable bonds is 12. The normalized spacial score (nSPS) is 11.1. The zero-order valence-electron chi connectivity index (χ0n) is 19.6. The van der Waals surface area contributed by atoms with Crippen LogP contribution in [0.4, 0.5) is 25.8 Å². The minimum atomic E-state index is -0.552. The van der Waals surface area contributed by atoms with E-state index in [-0.39, 0.29) is 24.7 Å². The van der Waals surface area contributed by atoms with Gasteiger partial charge in [-0.15, -0.1) is 22.7 Å². The largest absolute Gasteiger partial charge is 0.485 e. The molecule has 1 aromatic carbocycles. The predicted molar refractivity (Wildman–Crippen MR) is 139 cm³/mol.